The standard InChI is InChI=1S/C65H101F4N11O11/c1-13-14-23-47-60(88)76(9)38-55(83)74(7)39-56(84)78(11)52(36-43-21-16-15-17-22-43)62(90)75(8)37-53(81)71-48(28-26-44-25-27-45(46(66)35-44)65(67,68)69)61(89)80-31-20-24-49(80)59(87)73-64(29-18-19-30-64)63(91)79(12)51(33-41(4)5)57(85)70-42(6)34-54(82)77(10)50(32-40(2)3)58(86)72-47/h25,27,35,40-43,47-52H,13-24,26,28-34,36-39H2,1-12H3,(H,70,85)(H,71,81)(H,72,86)(H,73,87)/t42-,47+,48+,49?,50+,51+,52+/m1/s1. The molecule has 11 amide bonds. The molecule has 2 saturated heterocycles. The molecule has 2 heterocycles. The molecule has 510 valence electrons. The highest BCUT2D eigenvalue weighted by Gasteiger charge is 2.49. The summed E-state index contributed by atoms with van der Waals surface area (Å²) in [5, 5.41) is 11.5. The first-order valence-electron chi connectivity index (χ1n) is 32.6. The van der Waals surface area contributed by atoms with Gasteiger partial charge in [0.2, 0.25) is 65.0 Å². The van der Waals surface area contributed by atoms with Crippen molar-refractivity contribution in [1.82, 2.24) is 55.6 Å². The van der Waals surface area contributed by atoms with E-state index in [1.165, 1.54) is 61.9 Å². The summed E-state index contributed by atoms with van der Waals surface area (Å²) in [4.78, 5) is 168. The predicted octanol–water partition coefficient (Wildman–Crippen LogP) is 5.18. The second-order valence-electron chi connectivity index (χ2n) is 26.9. The molecule has 5 rings (SSSR count). The number of aryl methyl sites for hydroxylation is 1. The lowest BCUT2D eigenvalue weighted by Crippen LogP contribution is -2.64. The molecule has 4 aliphatic rings. The number of carbonyl (C=O) groups is 11. The number of amides is 11. The van der Waals surface area contributed by atoms with Gasteiger partial charge < -0.3 is 55.6 Å². The van der Waals surface area contributed by atoms with Crippen molar-refractivity contribution in [2.75, 3.05) is 68.5 Å². The van der Waals surface area contributed by atoms with Gasteiger partial charge in [0.1, 0.15) is 47.6 Å². The number of hydrogen-bond donors (Lipinski definition) is 4. The SMILES string of the molecule is CCCC[C@@H]1NC(=O)[C@H](CC(C)C)N(C)C(=O)C[C@@H](C)NC(=O)[C@H](CC(C)C)N(C)C(=O)C2(CCCC2)NC(=O)C2CCCN2C(=O)[C@H](CCc2ccc(C(F)(F)F)c(F)c2)NC(=O)CN(C)C(=O)[C@H](CC2CCCCC2)N(C)C(=O)CN(C)C(=O)CN(C)C1=O. The van der Waals surface area contributed by atoms with E-state index in [1.807, 2.05) is 34.6 Å². The van der Waals surface area contributed by atoms with Crippen molar-refractivity contribution >= 4 is 65.0 Å². The minimum atomic E-state index is -4.99. The Balaban J connectivity index is 1.55. The maximum Gasteiger partial charge on any atom is 0.419 e. The van der Waals surface area contributed by atoms with Crippen LogP contribution >= 0.6 is 0 Å². The van der Waals surface area contributed by atoms with E-state index in [-0.39, 0.29) is 94.1 Å². The number of carbonyl (C=O) groups excluding carboxylic acids is 11. The first-order chi connectivity index (χ1) is 42.7. The summed E-state index contributed by atoms with van der Waals surface area (Å²) >= 11 is 0. The third kappa shape index (κ3) is 20.6. The summed E-state index contributed by atoms with van der Waals surface area (Å²) < 4.78 is 55.8. The number of alkyl halides is 3. The molecule has 26 heteroatoms. The number of unbranched alkanes of at least 4 members (excludes halogenated alkanes) is 1. The van der Waals surface area contributed by atoms with Gasteiger partial charge in [-0.05, 0) is 107 Å². The first-order valence-corrected chi connectivity index (χ1v) is 32.6. The zero-order valence-corrected chi connectivity index (χ0v) is 55.6. The van der Waals surface area contributed by atoms with Crippen molar-refractivity contribution in [3.05, 3.63) is 35.1 Å². The van der Waals surface area contributed by atoms with Crippen molar-refractivity contribution < 1.29 is 70.3 Å². The van der Waals surface area contributed by atoms with Gasteiger partial charge in [0.05, 0.1) is 25.2 Å². The van der Waals surface area contributed by atoms with Crippen molar-refractivity contribution in [2.24, 2.45) is 17.8 Å². The number of hydrogen-bond acceptors (Lipinski definition) is 11. The molecule has 1 aromatic rings. The molecule has 91 heavy (non-hydrogen) atoms. The third-order valence-electron chi connectivity index (χ3n) is 18.5. The van der Waals surface area contributed by atoms with Crippen LogP contribution in [0.2, 0.25) is 0 Å². The van der Waals surface area contributed by atoms with Gasteiger partial charge in [-0.1, -0.05) is 98.5 Å². The molecule has 1 aromatic carbocycles. The highest BCUT2D eigenvalue weighted by Crippen LogP contribution is 2.35. The van der Waals surface area contributed by atoms with Gasteiger partial charge in [0.15, 0.2) is 0 Å². The average molecular weight is 1290 g/mol. The molecule has 22 nitrogen and oxygen atoms in total. The van der Waals surface area contributed by atoms with Crippen LogP contribution in [0.3, 0.4) is 0 Å². The number of nitrogens with zero attached hydrogens (tertiary/aromatic N) is 7. The van der Waals surface area contributed by atoms with Crippen molar-refractivity contribution in [3.8, 4) is 0 Å². The van der Waals surface area contributed by atoms with Gasteiger partial charge >= 0.3 is 6.18 Å². The second kappa shape index (κ2) is 33.6. The van der Waals surface area contributed by atoms with Crippen LogP contribution in [0.15, 0.2) is 18.2 Å². The van der Waals surface area contributed by atoms with E-state index in [2.05, 4.69) is 21.3 Å². The molecule has 0 aromatic heterocycles. The topological polar surface area (TPSA) is 259 Å². The maximum absolute atomic E-state index is 15.0. The van der Waals surface area contributed by atoms with Crippen LogP contribution in [0.1, 0.15) is 175 Å². The quantitative estimate of drug-likeness (QED) is 0.198. The van der Waals surface area contributed by atoms with E-state index < -0.39 is 150 Å². The molecule has 4 N–H and O–H groups in total. The maximum atomic E-state index is 15.0. The molecule has 4 fully saturated rings. The van der Waals surface area contributed by atoms with Crippen molar-refractivity contribution in [1.29, 1.82) is 0 Å². The number of likely N-dealkylation sites (N-methyl/N-ethyl adjacent to an activating group) is 6. The minimum Gasteiger partial charge on any atom is -0.351 e. The van der Waals surface area contributed by atoms with E-state index in [1.54, 1.807) is 6.92 Å². The number of benzene rings is 1. The Morgan fingerprint density at radius 3 is 1.77 bits per heavy atom. The lowest BCUT2D eigenvalue weighted by atomic mass is 9.84. The molecule has 0 bridgehead atoms. The number of rotatable bonds is 12. The van der Waals surface area contributed by atoms with Gasteiger partial charge in [-0.2, -0.15) is 13.2 Å². The van der Waals surface area contributed by atoms with Crippen LogP contribution in [0.25, 0.3) is 0 Å². The average Bonchev–Trinajstić information content (AvgIpc) is 2.04. The normalized spacial score (nSPS) is 25.8. The monoisotopic (exact) mass is 1290 g/mol. The van der Waals surface area contributed by atoms with Crippen LogP contribution in [-0.2, 0) is 65.3 Å². The number of halogens is 4. The molecule has 2 aliphatic heterocycles. The second-order valence-corrected chi connectivity index (χ2v) is 26.9. The molecule has 1 unspecified atom stereocenters. The Labute approximate surface area is 534 Å². The summed E-state index contributed by atoms with van der Waals surface area (Å²) in [6, 6.07) is -5.51. The fourth-order valence-electron chi connectivity index (χ4n) is 13.1. The highest BCUT2D eigenvalue weighted by atomic mass is 19.4. The Hall–Kier alpha value is -6.89. The number of fused-ring (bicyclic) bond motifs is 1. The summed E-state index contributed by atoms with van der Waals surface area (Å²) in [5.41, 5.74) is -2.94. The van der Waals surface area contributed by atoms with E-state index in [0.29, 0.717) is 44.2 Å². The van der Waals surface area contributed by atoms with E-state index in [4.69, 9.17) is 0 Å². The van der Waals surface area contributed by atoms with Gasteiger partial charge in [-0.25, -0.2) is 4.39 Å². The van der Waals surface area contributed by atoms with Gasteiger partial charge in [-0.3, -0.25) is 52.7 Å². The van der Waals surface area contributed by atoms with Crippen LogP contribution in [-0.4, -0.2) is 216 Å². The predicted molar refractivity (Wildman–Crippen MR) is 332 cm³/mol. The molecule has 0 radical (unpaired) electrons. The van der Waals surface area contributed by atoms with Crippen molar-refractivity contribution in [3.63, 3.8) is 0 Å². The lowest BCUT2D eigenvalue weighted by molar-refractivity contribution is -0.149. The molecule has 2 saturated carbocycles. The van der Waals surface area contributed by atoms with E-state index >= 15 is 4.79 Å². The Kier molecular flexibility index (Phi) is 27.6. The smallest absolute Gasteiger partial charge is 0.351 e. The van der Waals surface area contributed by atoms with Crippen LogP contribution < -0.4 is 21.3 Å². The molecule has 7 atom stereocenters. The Morgan fingerprint density at radius 2 is 1.18 bits per heavy atom. The zero-order chi connectivity index (χ0) is 67.8. The van der Waals surface area contributed by atoms with Crippen LogP contribution in [0.4, 0.5) is 17.6 Å². The summed E-state index contributed by atoms with van der Waals surface area (Å²) in [7, 11) is 8.50. The third-order valence-corrected chi connectivity index (χ3v) is 18.5. The molecular weight excluding hydrogens is 1190 g/mol. The fourth-order valence-corrected chi connectivity index (χ4v) is 13.1. The lowest BCUT2D eigenvalue weighted by Gasteiger charge is -2.39. The molecular formula is C65H101F4N11O11. The van der Waals surface area contributed by atoms with Gasteiger partial charge in [0, 0.05) is 61.3 Å². The molecule has 2 aliphatic carbocycles. The first kappa shape index (κ1) is 74.8. The fraction of sp³-hybridized carbons (Fsp3) is 0.738. The Morgan fingerprint density at radius 1 is 0.604 bits per heavy atom. The van der Waals surface area contributed by atoms with Crippen LogP contribution in [0.5, 0.6) is 0 Å². The zero-order valence-electron chi connectivity index (χ0n) is 55.6. The molecule has 1 spiro atoms. The minimum absolute atomic E-state index is 0.0185. The van der Waals surface area contributed by atoms with Gasteiger partial charge in [-0.15, -0.1) is 0 Å². The summed E-state index contributed by atoms with van der Waals surface area (Å²) in [6.07, 6.45) is 2.48. The highest BCUT2D eigenvalue weighted by molar-refractivity contribution is 5.99. The van der Waals surface area contributed by atoms with Gasteiger partial charge in [0.25, 0.3) is 0 Å². The summed E-state index contributed by atoms with van der Waals surface area (Å²) in [6.45, 7) is 9.41. The summed E-state index contributed by atoms with van der Waals surface area (Å²) in [5.74, 6) is -8.74. The largest absolute Gasteiger partial charge is 0.419 e. The Bertz CT molecular complexity index is 2760. The van der Waals surface area contributed by atoms with E-state index in [9.17, 15) is 65.5 Å². The number of nitrogens with one attached hydrogen (secondary N) is 4. The van der Waals surface area contributed by atoms with Crippen LogP contribution in [0, 0.1) is 23.6 Å². The van der Waals surface area contributed by atoms with E-state index in [0.717, 1.165) is 52.9 Å². The van der Waals surface area contributed by atoms with Crippen molar-refractivity contribution in [2.45, 2.75) is 224 Å².